The zero-order valence-corrected chi connectivity index (χ0v) is 16.9. The second kappa shape index (κ2) is 7.61. The summed E-state index contributed by atoms with van der Waals surface area (Å²) in [5.41, 5.74) is 1.61. The molecule has 4 atom stereocenters. The van der Waals surface area contributed by atoms with E-state index in [0.717, 1.165) is 22.8 Å². The molecule has 2 aliphatic rings. The van der Waals surface area contributed by atoms with Gasteiger partial charge in [-0.1, -0.05) is 6.42 Å². The third-order valence-corrected chi connectivity index (χ3v) is 6.92. The minimum absolute atomic E-state index is 0.0175. The number of methoxy groups -OCH3 is 1. The highest BCUT2D eigenvalue weighted by Crippen LogP contribution is 2.49. The van der Waals surface area contributed by atoms with Crippen LogP contribution in [-0.2, 0) is 11.2 Å². The number of nitrogens with one attached hydrogen (secondary N) is 1. The number of fused-ring (bicyclic) bond motifs is 3. The number of carbonyl (C=O) groups excluding carboxylic acids is 1. The first-order valence-electron chi connectivity index (χ1n) is 10.4. The van der Waals surface area contributed by atoms with Gasteiger partial charge in [0.05, 0.1) is 7.11 Å². The normalized spacial score (nSPS) is 24.5. The van der Waals surface area contributed by atoms with Crippen LogP contribution in [0.15, 0.2) is 27.4 Å². The largest absolute Gasteiger partial charge is 0.497 e. The zero-order valence-electron chi connectivity index (χ0n) is 16.9. The lowest BCUT2D eigenvalue weighted by molar-refractivity contribution is -0.122. The van der Waals surface area contributed by atoms with E-state index in [4.69, 9.17) is 9.15 Å². The summed E-state index contributed by atoms with van der Waals surface area (Å²) in [7, 11) is 1.58. The van der Waals surface area contributed by atoms with Crippen LogP contribution in [0.25, 0.3) is 11.0 Å². The van der Waals surface area contributed by atoms with Crippen LogP contribution >= 0.6 is 0 Å². The molecule has 4 rings (SSSR count). The average Bonchev–Trinajstić information content (AvgIpc) is 3.30. The summed E-state index contributed by atoms with van der Waals surface area (Å²) in [6.45, 7) is 4.04. The highest BCUT2D eigenvalue weighted by atomic mass is 16.5. The van der Waals surface area contributed by atoms with E-state index >= 15 is 0 Å². The van der Waals surface area contributed by atoms with Crippen molar-refractivity contribution in [1.82, 2.24) is 5.32 Å². The molecule has 2 aliphatic carbocycles. The molecule has 28 heavy (non-hydrogen) atoms. The van der Waals surface area contributed by atoms with Gasteiger partial charge in [-0.3, -0.25) is 4.79 Å². The molecule has 2 bridgehead atoms. The minimum Gasteiger partial charge on any atom is -0.497 e. The quantitative estimate of drug-likeness (QED) is 0.766. The van der Waals surface area contributed by atoms with Gasteiger partial charge < -0.3 is 14.5 Å². The first-order chi connectivity index (χ1) is 13.5. The van der Waals surface area contributed by atoms with Crippen LogP contribution in [0.2, 0.25) is 0 Å². The SMILES string of the molecule is COc1ccc2c(C)c(CCC(=O)N[C@H](C)[C@H]3C[C@H]4CC[C@H]3C4)c(=O)oc2c1. The summed E-state index contributed by atoms with van der Waals surface area (Å²) in [6.07, 6.45) is 5.97. The smallest absolute Gasteiger partial charge is 0.339 e. The molecule has 1 heterocycles. The number of amides is 1. The van der Waals surface area contributed by atoms with Crippen LogP contribution in [0.5, 0.6) is 5.75 Å². The molecule has 150 valence electrons. The number of rotatable bonds is 6. The van der Waals surface area contributed by atoms with Crippen molar-refractivity contribution < 1.29 is 13.9 Å². The third kappa shape index (κ3) is 3.54. The number of benzene rings is 1. The van der Waals surface area contributed by atoms with Gasteiger partial charge in [-0.25, -0.2) is 4.79 Å². The average molecular weight is 383 g/mol. The molecule has 0 unspecified atom stereocenters. The molecule has 2 aromatic rings. The number of aryl methyl sites for hydroxylation is 1. The Kier molecular flexibility index (Phi) is 5.17. The predicted octanol–water partition coefficient (Wildman–Crippen LogP) is 3.98. The molecule has 0 saturated heterocycles. The molecule has 2 saturated carbocycles. The molecule has 2 fully saturated rings. The molecule has 5 heteroatoms. The van der Waals surface area contributed by atoms with Crippen LogP contribution in [-0.4, -0.2) is 19.1 Å². The highest BCUT2D eigenvalue weighted by molar-refractivity contribution is 5.82. The van der Waals surface area contributed by atoms with E-state index in [2.05, 4.69) is 12.2 Å². The summed E-state index contributed by atoms with van der Waals surface area (Å²) >= 11 is 0. The fourth-order valence-corrected chi connectivity index (χ4v) is 5.37. The Bertz CT molecular complexity index is 948. The standard InChI is InChI=1S/C23H29NO4/c1-13-18-7-6-17(27-3)12-21(18)28-23(26)19(13)8-9-22(25)24-14(2)20-11-15-4-5-16(20)10-15/h6-7,12,14-16,20H,4-5,8-11H2,1-3H3,(H,24,25)/t14-,15+,16+,20-/m1/s1. The molecular formula is C23H29NO4. The van der Waals surface area contributed by atoms with E-state index < -0.39 is 0 Å². The van der Waals surface area contributed by atoms with Crippen LogP contribution in [0.4, 0.5) is 0 Å². The van der Waals surface area contributed by atoms with Crippen molar-refractivity contribution >= 4 is 16.9 Å². The van der Waals surface area contributed by atoms with Crippen molar-refractivity contribution in [2.45, 2.75) is 58.4 Å². The summed E-state index contributed by atoms with van der Waals surface area (Å²) in [6, 6.07) is 5.68. The van der Waals surface area contributed by atoms with E-state index in [1.165, 1.54) is 25.7 Å². The first-order valence-corrected chi connectivity index (χ1v) is 10.4. The fourth-order valence-electron chi connectivity index (χ4n) is 5.37. The van der Waals surface area contributed by atoms with Crippen LogP contribution in [0.3, 0.4) is 0 Å². The topological polar surface area (TPSA) is 68.5 Å². The lowest BCUT2D eigenvalue weighted by Crippen LogP contribution is -2.40. The van der Waals surface area contributed by atoms with Crippen molar-refractivity contribution in [3.05, 3.63) is 39.7 Å². The van der Waals surface area contributed by atoms with Gasteiger partial charge in [0.25, 0.3) is 0 Å². The van der Waals surface area contributed by atoms with E-state index in [0.29, 0.717) is 35.7 Å². The summed E-state index contributed by atoms with van der Waals surface area (Å²) in [5.74, 6) is 2.94. The summed E-state index contributed by atoms with van der Waals surface area (Å²) < 4.78 is 10.7. The van der Waals surface area contributed by atoms with Crippen molar-refractivity contribution in [3.63, 3.8) is 0 Å². The van der Waals surface area contributed by atoms with Crippen LogP contribution < -0.4 is 15.7 Å². The molecular weight excluding hydrogens is 354 g/mol. The number of ether oxygens (including phenoxy) is 1. The molecule has 0 aliphatic heterocycles. The minimum atomic E-state index is -0.368. The number of hydrogen-bond donors (Lipinski definition) is 1. The Morgan fingerprint density at radius 3 is 2.82 bits per heavy atom. The van der Waals surface area contributed by atoms with Gasteiger partial charge in [-0.2, -0.15) is 0 Å². The highest BCUT2D eigenvalue weighted by Gasteiger charge is 2.42. The van der Waals surface area contributed by atoms with Crippen molar-refractivity contribution in [2.75, 3.05) is 7.11 Å². The van der Waals surface area contributed by atoms with Crippen molar-refractivity contribution in [3.8, 4) is 5.75 Å². The number of hydrogen-bond acceptors (Lipinski definition) is 4. The fraction of sp³-hybridized carbons (Fsp3) is 0.565. The monoisotopic (exact) mass is 383 g/mol. The van der Waals surface area contributed by atoms with Gasteiger partial charge in [-0.05, 0) is 75.0 Å². The van der Waals surface area contributed by atoms with E-state index in [1.807, 2.05) is 19.1 Å². The second-order valence-electron chi connectivity index (χ2n) is 8.55. The summed E-state index contributed by atoms with van der Waals surface area (Å²) in [5, 5.41) is 4.06. The lowest BCUT2D eigenvalue weighted by atomic mass is 9.84. The predicted molar refractivity (Wildman–Crippen MR) is 109 cm³/mol. The molecule has 5 nitrogen and oxygen atoms in total. The maximum atomic E-state index is 12.5. The second-order valence-corrected chi connectivity index (χ2v) is 8.55. The van der Waals surface area contributed by atoms with Gasteiger partial charge in [0.1, 0.15) is 11.3 Å². The molecule has 0 radical (unpaired) electrons. The molecule has 1 aromatic heterocycles. The van der Waals surface area contributed by atoms with Crippen molar-refractivity contribution in [1.29, 1.82) is 0 Å². The first kappa shape index (κ1) is 19.0. The molecule has 1 amide bonds. The van der Waals surface area contributed by atoms with Gasteiger partial charge in [0.15, 0.2) is 0 Å². The molecule has 1 N–H and O–H groups in total. The maximum Gasteiger partial charge on any atom is 0.339 e. The maximum absolute atomic E-state index is 12.5. The number of carbonyl (C=O) groups is 1. The van der Waals surface area contributed by atoms with Gasteiger partial charge in [-0.15, -0.1) is 0 Å². The van der Waals surface area contributed by atoms with Crippen molar-refractivity contribution in [2.24, 2.45) is 17.8 Å². The zero-order chi connectivity index (χ0) is 19.8. The lowest BCUT2D eigenvalue weighted by Gasteiger charge is -2.28. The van der Waals surface area contributed by atoms with Gasteiger partial charge >= 0.3 is 5.63 Å². The van der Waals surface area contributed by atoms with E-state index in [9.17, 15) is 9.59 Å². The molecule has 0 spiro atoms. The Balaban J connectivity index is 1.42. The Hall–Kier alpha value is -2.30. The Morgan fingerprint density at radius 2 is 2.14 bits per heavy atom. The molecule has 1 aromatic carbocycles. The van der Waals surface area contributed by atoms with E-state index in [-0.39, 0.29) is 17.6 Å². The van der Waals surface area contributed by atoms with E-state index in [1.54, 1.807) is 13.2 Å². The Labute approximate surface area is 165 Å². The van der Waals surface area contributed by atoms with Crippen LogP contribution in [0, 0.1) is 24.7 Å². The Morgan fingerprint density at radius 1 is 1.32 bits per heavy atom. The van der Waals surface area contributed by atoms with Crippen LogP contribution in [0.1, 0.15) is 50.2 Å². The van der Waals surface area contributed by atoms with Gasteiger partial charge in [0.2, 0.25) is 5.91 Å². The third-order valence-electron chi connectivity index (χ3n) is 6.92. The van der Waals surface area contributed by atoms with Gasteiger partial charge in [0, 0.05) is 29.5 Å². The summed E-state index contributed by atoms with van der Waals surface area (Å²) in [4.78, 5) is 24.9.